The van der Waals surface area contributed by atoms with Crippen LogP contribution in [0.25, 0.3) is 0 Å². The van der Waals surface area contributed by atoms with E-state index in [-0.39, 0.29) is 23.4 Å². The predicted molar refractivity (Wildman–Crippen MR) is 121 cm³/mol. The molecular weight excluding hydrogens is 493 g/mol. The van der Waals surface area contributed by atoms with E-state index in [9.17, 15) is 26.4 Å². The quantitative estimate of drug-likeness (QED) is 0.269. The Hall–Kier alpha value is -3.37. The van der Waals surface area contributed by atoms with Crippen molar-refractivity contribution in [2.24, 2.45) is 5.10 Å². The van der Waals surface area contributed by atoms with Crippen LogP contribution in [0.2, 0.25) is 5.02 Å². The standard InChI is InChI=1S/C23H18ClF3N2O4S/c1-15(28-29-22(30)14-16-5-4-6-18(24)13-16)20-7-2-3-8-21(20)33-34(31,32)19-11-9-17(10-12-19)23(25,26)27/h2-13H,14H2,1H3,(H,29,30). The molecule has 0 aromatic heterocycles. The number of hydrazone groups is 1. The van der Waals surface area contributed by atoms with Gasteiger partial charge in [-0.25, -0.2) is 5.43 Å². The highest BCUT2D eigenvalue weighted by Gasteiger charge is 2.31. The van der Waals surface area contributed by atoms with Crippen molar-refractivity contribution in [1.82, 2.24) is 5.43 Å². The number of amides is 1. The third kappa shape index (κ3) is 6.58. The normalized spacial score (nSPS) is 12.3. The first kappa shape index (κ1) is 25.3. The number of hydrogen-bond acceptors (Lipinski definition) is 5. The van der Waals surface area contributed by atoms with E-state index < -0.39 is 32.7 Å². The van der Waals surface area contributed by atoms with Gasteiger partial charge in [-0.1, -0.05) is 35.9 Å². The van der Waals surface area contributed by atoms with Gasteiger partial charge in [0.2, 0.25) is 5.91 Å². The number of halogens is 4. The van der Waals surface area contributed by atoms with Gasteiger partial charge >= 0.3 is 16.3 Å². The summed E-state index contributed by atoms with van der Waals surface area (Å²) in [6.45, 7) is 1.53. The maximum absolute atomic E-state index is 12.7. The van der Waals surface area contributed by atoms with Gasteiger partial charge in [0.15, 0.2) is 5.75 Å². The minimum Gasteiger partial charge on any atom is -0.378 e. The fraction of sp³-hybridized carbons (Fsp3) is 0.130. The molecule has 1 N–H and O–H groups in total. The fourth-order valence-electron chi connectivity index (χ4n) is 2.89. The van der Waals surface area contributed by atoms with Crippen LogP contribution >= 0.6 is 11.6 Å². The van der Waals surface area contributed by atoms with Crippen LogP contribution in [0.3, 0.4) is 0 Å². The van der Waals surface area contributed by atoms with Crippen molar-refractivity contribution in [2.45, 2.75) is 24.4 Å². The minimum atomic E-state index is -4.60. The van der Waals surface area contributed by atoms with Crippen LogP contribution in [-0.2, 0) is 27.5 Å². The van der Waals surface area contributed by atoms with E-state index in [0.717, 1.165) is 12.1 Å². The molecule has 0 spiro atoms. The van der Waals surface area contributed by atoms with Crippen LogP contribution in [0.5, 0.6) is 5.75 Å². The maximum atomic E-state index is 12.7. The Balaban J connectivity index is 1.76. The molecule has 3 aromatic carbocycles. The summed E-state index contributed by atoms with van der Waals surface area (Å²) in [5.41, 5.74) is 2.60. The summed E-state index contributed by atoms with van der Waals surface area (Å²) in [5.74, 6) is -0.523. The first-order valence-electron chi connectivity index (χ1n) is 9.74. The molecular formula is C23H18ClF3N2O4S. The molecule has 11 heteroatoms. The highest BCUT2D eigenvalue weighted by molar-refractivity contribution is 7.87. The van der Waals surface area contributed by atoms with Crippen molar-refractivity contribution in [3.05, 3.63) is 94.5 Å². The Morgan fingerprint density at radius 2 is 1.71 bits per heavy atom. The molecule has 0 heterocycles. The molecule has 0 fully saturated rings. The molecule has 3 rings (SSSR count). The third-order valence-corrected chi connectivity index (χ3v) is 6.03. The van der Waals surface area contributed by atoms with Crippen LogP contribution in [0.15, 0.2) is 82.8 Å². The number of carbonyl (C=O) groups is 1. The Labute approximate surface area is 199 Å². The lowest BCUT2D eigenvalue weighted by molar-refractivity contribution is -0.137. The average Bonchev–Trinajstić information content (AvgIpc) is 2.77. The summed E-state index contributed by atoms with van der Waals surface area (Å²) in [6, 6.07) is 15.7. The molecule has 0 atom stereocenters. The monoisotopic (exact) mass is 510 g/mol. The van der Waals surface area contributed by atoms with Gasteiger partial charge in [-0.3, -0.25) is 4.79 Å². The van der Waals surface area contributed by atoms with Crippen LogP contribution in [0, 0.1) is 0 Å². The summed E-state index contributed by atoms with van der Waals surface area (Å²) < 4.78 is 68.6. The summed E-state index contributed by atoms with van der Waals surface area (Å²) in [7, 11) is -4.43. The second-order valence-electron chi connectivity index (χ2n) is 7.09. The maximum Gasteiger partial charge on any atom is 0.416 e. The molecule has 0 saturated carbocycles. The molecule has 0 aliphatic rings. The zero-order chi connectivity index (χ0) is 24.9. The van der Waals surface area contributed by atoms with E-state index in [1.54, 1.807) is 30.3 Å². The number of alkyl halides is 3. The van der Waals surface area contributed by atoms with E-state index in [2.05, 4.69) is 10.5 Å². The highest BCUT2D eigenvalue weighted by atomic mass is 35.5. The Bertz CT molecular complexity index is 1320. The zero-order valence-corrected chi connectivity index (χ0v) is 19.2. The van der Waals surface area contributed by atoms with E-state index in [4.69, 9.17) is 15.8 Å². The molecule has 178 valence electrons. The Kier molecular flexibility index (Phi) is 7.63. The number of hydrogen-bond donors (Lipinski definition) is 1. The van der Waals surface area contributed by atoms with Gasteiger partial charge in [-0.15, -0.1) is 0 Å². The van der Waals surface area contributed by atoms with Crippen molar-refractivity contribution >= 4 is 33.3 Å². The molecule has 0 saturated heterocycles. The first-order chi connectivity index (χ1) is 16.0. The largest absolute Gasteiger partial charge is 0.416 e. The molecule has 0 bridgehead atoms. The van der Waals surface area contributed by atoms with Gasteiger partial charge in [-0.2, -0.15) is 26.7 Å². The van der Waals surface area contributed by atoms with Crippen molar-refractivity contribution < 1.29 is 30.6 Å². The second kappa shape index (κ2) is 10.3. The molecule has 0 aliphatic carbocycles. The van der Waals surface area contributed by atoms with Crippen LogP contribution < -0.4 is 9.61 Å². The smallest absolute Gasteiger partial charge is 0.378 e. The highest BCUT2D eigenvalue weighted by Crippen LogP contribution is 2.30. The second-order valence-corrected chi connectivity index (χ2v) is 9.08. The van der Waals surface area contributed by atoms with Gasteiger partial charge in [0, 0.05) is 10.6 Å². The van der Waals surface area contributed by atoms with E-state index in [0.29, 0.717) is 22.7 Å². The molecule has 6 nitrogen and oxygen atoms in total. The van der Waals surface area contributed by atoms with E-state index >= 15 is 0 Å². The molecule has 3 aromatic rings. The molecule has 34 heavy (non-hydrogen) atoms. The molecule has 0 radical (unpaired) electrons. The Morgan fingerprint density at radius 1 is 1.03 bits per heavy atom. The third-order valence-electron chi connectivity index (χ3n) is 4.55. The van der Waals surface area contributed by atoms with Crippen molar-refractivity contribution in [3.8, 4) is 5.75 Å². The topological polar surface area (TPSA) is 84.8 Å². The number of benzene rings is 3. The first-order valence-corrected chi connectivity index (χ1v) is 11.5. The lowest BCUT2D eigenvalue weighted by atomic mass is 10.1. The molecule has 0 aliphatic heterocycles. The summed E-state index contributed by atoms with van der Waals surface area (Å²) in [5, 5.41) is 4.49. The summed E-state index contributed by atoms with van der Waals surface area (Å²) >= 11 is 5.91. The van der Waals surface area contributed by atoms with Crippen LogP contribution in [-0.4, -0.2) is 20.0 Å². The summed E-state index contributed by atoms with van der Waals surface area (Å²) in [6.07, 6.45) is -4.57. The fourth-order valence-corrected chi connectivity index (χ4v) is 4.05. The van der Waals surface area contributed by atoms with E-state index in [1.165, 1.54) is 25.1 Å². The van der Waals surface area contributed by atoms with Gasteiger partial charge in [0.05, 0.1) is 17.7 Å². The van der Waals surface area contributed by atoms with Crippen LogP contribution in [0.1, 0.15) is 23.6 Å². The van der Waals surface area contributed by atoms with E-state index in [1.807, 2.05) is 0 Å². The van der Waals surface area contributed by atoms with Gasteiger partial charge < -0.3 is 4.18 Å². The van der Waals surface area contributed by atoms with Gasteiger partial charge in [-0.05, 0) is 61.0 Å². The number of nitrogens with one attached hydrogen (secondary N) is 1. The summed E-state index contributed by atoms with van der Waals surface area (Å²) in [4.78, 5) is 11.7. The van der Waals surface area contributed by atoms with Crippen LogP contribution in [0.4, 0.5) is 13.2 Å². The van der Waals surface area contributed by atoms with Gasteiger partial charge in [0.25, 0.3) is 0 Å². The molecule has 0 unspecified atom stereocenters. The number of nitrogens with zero attached hydrogens (tertiary/aromatic N) is 1. The van der Waals surface area contributed by atoms with Gasteiger partial charge in [0.1, 0.15) is 4.90 Å². The zero-order valence-electron chi connectivity index (χ0n) is 17.6. The SMILES string of the molecule is CC(=NNC(=O)Cc1cccc(Cl)c1)c1ccccc1OS(=O)(=O)c1ccc(C(F)(F)F)cc1. The van der Waals surface area contributed by atoms with Crippen molar-refractivity contribution in [1.29, 1.82) is 0 Å². The minimum absolute atomic E-state index is 0.0256. The van der Waals surface area contributed by atoms with Crippen molar-refractivity contribution in [3.63, 3.8) is 0 Å². The predicted octanol–water partition coefficient (Wildman–Crippen LogP) is 5.21. The lowest BCUT2D eigenvalue weighted by Crippen LogP contribution is -2.21. The average molecular weight is 511 g/mol. The van der Waals surface area contributed by atoms with Crippen molar-refractivity contribution in [2.75, 3.05) is 0 Å². The lowest BCUT2D eigenvalue weighted by Gasteiger charge is -2.12. The Morgan fingerprint density at radius 3 is 2.35 bits per heavy atom. The number of rotatable bonds is 7. The number of carbonyl (C=O) groups excluding carboxylic acids is 1. The molecule has 1 amide bonds. The number of para-hydroxylation sites is 1.